The van der Waals surface area contributed by atoms with Crippen LogP contribution in [0, 0.1) is 6.92 Å². The number of methoxy groups -OCH3 is 1. The lowest BCUT2D eigenvalue weighted by atomic mass is 10.1. The van der Waals surface area contributed by atoms with Crippen LogP contribution in [0.25, 0.3) is 0 Å². The number of hydrogen-bond donors (Lipinski definition) is 2. The summed E-state index contributed by atoms with van der Waals surface area (Å²) in [6, 6.07) is 14.0. The number of nitrogens with one attached hydrogen (secondary N) is 2. The van der Waals surface area contributed by atoms with Gasteiger partial charge in [0.15, 0.2) is 5.78 Å². The maximum absolute atomic E-state index is 11.9. The summed E-state index contributed by atoms with van der Waals surface area (Å²) in [5.74, 6) is 0.231. The predicted octanol–water partition coefficient (Wildman–Crippen LogP) is 2.63. The molecule has 1 amide bonds. The van der Waals surface area contributed by atoms with E-state index in [0.717, 1.165) is 5.56 Å². The van der Waals surface area contributed by atoms with Crippen molar-refractivity contribution in [1.29, 1.82) is 0 Å². The van der Waals surface area contributed by atoms with Crippen LogP contribution in [0.5, 0.6) is 5.75 Å². The Morgan fingerprint density at radius 2 is 1.57 bits per heavy atom. The monoisotopic (exact) mass is 310 g/mol. The molecule has 0 aliphatic rings. The molecule has 0 saturated heterocycles. The summed E-state index contributed by atoms with van der Waals surface area (Å²) in [4.78, 5) is 23.8. The molecule has 2 aromatic rings. The zero-order chi connectivity index (χ0) is 16.7. The van der Waals surface area contributed by atoms with E-state index in [-0.39, 0.29) is 11.7 Å². The van der Waals surface area contributed by atoms with Crippen molar-refractivity contribution in [1.82, 2.24) is 10.9 Å². The summed E-state index contributed by atoms with van der Waals surface area (Å²) in [6.45, 7) is 1.96. The van der Waals surface area contributed by atoms with Crippen LogP contribution < -0.4 is 15.6 Å². The van der Waals surface area contributed by atoms with Gasteiger partial charge in [0.1, 0.15) is 5.75 Å². The van der Waals surface area contributed by atoms with Crippen LogP contribution in [-0.4, -0.2) is 18.8 Å². The molecule has 0 fully saturated rings. The molecule has 2 N–H and O–H groups in total. The fourth-order valence-electron chi connectivity index (χ4n) is 1.85. The molecule has 0 spiro atoms. The number of allylic oxidation sites excluding steroid dienone is 1. The van der Waals surface area contributed by atoms with Gasteiger partial charge in [-0.3, -0.25) is 15.0 Å². The summed E-state index contributed by atoms with van der Waals surface area (Å²) in [7, 11) is 1.56. The quantitative estimate of drug-likeness (QED) is 0.489. The molecule has 0 aliphatic carbocycles. The molecular weight excluding hydrogens is 292 g/mol. The molecule has 0 atom stereocenters. The third-order valence-electron chi connectivity index (χ3n) is 3.19. The van der Waals surface area contributed by atoms with E-state index in [1.54, 1.807) is 43.5 Å². The molecule has 5 heteroatoms. The summed E-state index contributed by atoms with van der Waals surface area (Å²) in [6.07, 6.45) is 2.75. The van der Waals surface area contributed by atoms with Gasteiger partial charge < -0.3 is 10.2 Å². The Kier molecular flexibility index (Phi) is 5.52. The van der Waals surface area contributed by atoms with Crippen LogP contribution in [-0.2, 0) is 0 Å². The lowest BCUT2D eigenvalue weighted by molar-refractivity contribution is 0.0939. The lowest BCUT2D eigenvalue weighted by Gasteiger charge is -2.05. The predicted molar refractivity (Wildman–Crippen MR) is 88.2 cm³/mol. The number of carbonyl (C=O) groups is 2. The second-order valence-corrected chi connectivity index (χ2v) is 4.89. The van der Waals surface area contributed by atoms with Crippen molar-refractivity contribution < 1.29 is 14.3 Å². The maximum Gasteiger partial charge on any atom is 0.269 e. The number of ketones is 1. The minimum absolute atomic E-state index is 0.142. The van der Waals surface area contributed by atoms with Crippen molar-refractivity contribution in [2.45, 2.75) is 6.92 Å². The fraction of sp³-hybridized carbons (Fsp3) is 0.111. The molecule has 0 aromatic heterocycles. The zero-order valence-electron chi connectivity index (χ0n) is 13.0. The standard InChI is InChI=1S/C18H18N2O3/c1-13-3-5-14(6-4-13)17(21)11-12-19-20-18(22)15-7-9-16(23-2)10-8-15/h3-12,19H,1-2H3,(H,20,22)/b12-11-. The molecule has 5 nitrogen and oxygen atoms in total. The smallest absolute Gasteiger partial charge is 0.269 e. The van der Waals surface area contributed by atoms with Crippen LogP contribution in [0.15, 0.2) is 60.8 Å². The van der Waals surface area contributed by atoms with Gasteiger partial charge in [0.25, 0.3) is 5.91 Å². The van der Waals surface area contributed by atoms with Gasteiger partial charge in [0.05, 0.1) is 7.11 Å². The molecule has 2 aromatic carbocycles. The molecule has 0 unspecified atom stereocenters. The van der Waals surface area contributed by atoms with E-state index in [1.807, 2.05) is 19.1 Å². The normalized spacial score (nSPS) is 10.3. The molecule has 0 heterocycles. The first-order chi connectivity index (χ1) is 11.1. The number of ether oxygens (including phenoxy) is 1. The minimum atomic E-state index is -0.305. The van der Waals surface area contributed by atoms with Gasteiger partial charge in [0.2, 0.25) is 0 Å². The van der Waals surface area contributed by atoms with Gasteiger partial charge in [-0.25, -0.2) is 0 Å². The van der Waals surface area contributed by atoms with Crippen LogP contribution in [0.1, 0.15) is 26.3 Å². The van der Waals surface area contributed by atoms with E-state index in [0.29, 0.717) is 16.9 Å². The number of hydrogen-bond acceptors (Lipinski definition) is 4. The van der Waals surface area contributed by atoms with Gasteiger partial charge >= 0.3 is 0 Å². The summed E-state index contributed by atoms with van der Waals surface area (Å²) in [5, 5.41) is 0. The second-order valence-electron chi connectivity index (χ2n) is 4.89. The highest BCUT2D eigenvalue weighted by Crippen LogP contribution is 2.10. The van der Waals surface area contributed by atoms with Gasteiger partial charge in [-0.05, 0) is 31.2 Å². The zero-order valence-corrected chi connectivity index (χ0v) is 13.0. The lowest BCUT2D eigenvalue weighted by Crippen LogP contribution is -2.33. The Morgan fingerprint density at radius 1 is 0.957 bits per heavy atom. The SMILES string of the molecule is COc1ccc(C(=O)NN/C=C\C(=O)c2ccc(C)cc2)cc1. The number of aryl methyl sites for hydroxylation is 1. The highest BCUT2D eigenvalue weighted by atomic mass is 16.5. The van der Waals surface area contributed by atoms with E-state index in [1.165, 1.54) is 12.3 Å². The highest BCUT2D eigenvalue weighted by molar-refractivity contribution is 6.04. The first kappa shape index (κ1) is 16.3. The van der Waals surface area contributed by atoms with Crippen LogP contribution >= 0.6 is 0 Å². The molecule has 0 radical (unpaired) electrons. The first-order valence-corrected chi connectivity index (χ1v) is 7.07. The average molecular weight is 310 g/mol. The molecule has 23 heavy (non-hydrogen) atoms. The Hall–Kier alpha value is -3.08. The summed E-state index contributed by atoms with van der Waals surface area (Å²) < 4.78 is 5.03. The largest absolute Gasteiger partial charge is 0.497 e. The van der Waals surface area contributed by atoms with E-state index in [9.17, 15) is 9.59 Å². The van der Waals surface area contributed by atoms with Gasteiger partial charge in [-0.15, -0.1) is 0 Å². The molecule has 0 bridgehead atoms. The van der Waals surface area contributed by atoms with E-state index in [2.05, 4.69) is 10.9 Å². The van der Waals surface area contributed by atoms with Crippen molar-refractivity contribution in [3.05, 3.63) is 77.5 Å². The number of hydrazine groups is 1. The van der Waals surface area contributed by atoms with Gasteiger partial charge in [-0.2, -0.15) is 0 Å². The second kappa shape index (κ2) is 7.79. The van der Waals surface area contributed by atoms with Crippen LogP contribution in [0.4, 0.5) is 0 Å². The number of benzene rings is 2. The molecule has 2 rings (SSSR count). The summed E-state index contributed by atoms with van der Waals surface area (Å²) in [5.41, 5.74) is 7.24. The van der Waals surface area contributed by atoms with Crippen molar-refractivity contribution in [3.8, 4) is 5.75 Å². The van der Waals surface area contributed by atoms with E-state index >= 15 is 0 Å². The molecule has 118 valence electrons. The Morgan fingerprint density at radius 3 is 2.17 bits per heavy atom. The Balaban J connectivity index is 1.84. The number of amides is 1. The fourth-order valence-corrected chi connectivity index (χ4v) is 1.85. The Labute approximate surface area is 134 Å². The molecular formula is C18H18N2O3. The molecule has 0 saturated carbocycles. The average Bonchev–Trinajstić information content (AvgIpc) is 2.59. The van der Waals surface area contributed by atoms with Crippen LogP contribution in [0.2, 0.25) is 0 Å². The van der Waals surface area contributed by atoms with Crippen molar-refractivity contribution in [2.75, 3.05) is 7.11 Å². The van der Waals surface area contributed by atoms with Gasteiger partial charge in [-0.1, -0.05) is 29.8 Å². The van der Waals surface area contributed by atoms with Crippen molar-refractivity contribution in [2.24, 2.45) is 0 Å². The summed E-state index contributed by atoms with van der Waals surface area (Å²) >= 11 is 0. The van der Waals surface area contributed by atoms with E-state index < -0.39 is 0 Å². The van der Waals surface area contributed by atoms with Crippen molar-refractivity contribution in [3.63, 3.8) is 0 Å². The Bertz CT molecular complexity index is 704. The van der Waals surface area contributed by atoms with Gasteiger partial charge in [0, 0.05) is 23.4 Å². The topological polar surface area (TPSA) is 67.4 Å². The molecule has 0 aliphatic heterocycles. The van der Waals surface area contributed by atoms with Crippen molar-refractivity contribution >= 4 is 11.7 Å². The highest BCUT2D eigenvalue weighted by Gasteiger charge is 2.04. The minimum Gasteiger partial charge on any atom is -0.497 e. The number of rotatable bonds is 6. The maximum atomic E-state index is 11.9. The third-order valence-corrected chi connectivity index (χ3v) is 3.19. The third kappa shape index (κ3) is 4.71. The van der Waals surface area contributed by atoms with E-state index in [4.69, 9.17) is 4.74 Å². The number of carbonyl (C=O) groups excluding carboxylic acids is 2. The first-order valence-electron chi connectivity index (χ1n) is 7.07. The van der Waals surface area contributed by atoms with Crippen LogP contribution in [0.3, 0.4) is 0 Å².